The number of hydrogen-bond donors (Lipinski definition) is 1. The van der Waals surface area contributed by atoms with Gasteiger partial charge in [-0.1, -0.05) is 0 Å². The molecule has 0 spiro atoms. The van der Waals surface area contributed by atoms with E-state index in [4.69, 9.17) is 0 Å². The largest absolute Gasteiger partial charge is 0.465 e. The lowest BCUT2D eigenvalue weighted by Crippen LogP contribution is -2.52. The van der Waals surface area contributed by atoms with Gasteiger partial charge in [0.1, 0.15) is 4.88 Å². The van der Waals surface area contributed by atoms with Gasteiger partial charge in [0.2, 0.25) is 0 Å². The van der Waals surface area contributed by atoms with Crippen molar-refractivity contribution in [2.45, 2.75) is 12.0 Å². The van der Waals surface area contributed by atoms with Gasteiger partial charge in [-0.15, -0.1) is 11.3 Å². The number of carbonyl (C=O) groups excluding carboxylic acids is 2. The number of nitrogens with zero attached hydrogens (tertiary/aromatic N) is 2. The molecule has 2 aromatic rings. The summed E-state index contributed by atoms with van der Waals surface area (Å²) in [6.45, 7) is 0. The van der Waals surface area contributed by atoms with Crippen LogP contribution >= 0.6 is 11.3 Å². The van der Waals surface area contributed by atoms with Crippen LogP contribution in [0.4, 0.5) is 34.6 Å². The summed E-state index contributed by atoms with van der Waals surface area (Å²) in [6.07, 6.45) is -5.84. The Morgan fingerprint density at radius 3 is 2.13 bits per heavy atom. The normalized spacial score (nSPS) is 13.5. The molecule has 16 heteroatoms. The molecule has 2 rings (SSSR count). The zero-order valence-corrected chi connectivity index (χ0v) is 15.6. The number of ether oxygens (including phenoxy) is 2. The Balaban J connectivity index is 2.82. The third-order valence-electron chi connectivity index (χ3n) is 3.71. The maximum atomic E-state index is 14.2. The number of methoxy groups -OCH3 is 2. The first-order valence-corrected chi connectivity index (χ1v) is 8.20. The lowest BCUT2D eigenvalue weighted by atomic mass is 10.1. The summed E-state index contributed by atoms with van der Waals surface area (Å²) in [7, 11) is 1.12. The molecule has 0 bridgehead atoms. The number of thiophene rings is 1. The molecule has 11 nitrogen and oxygen atoms in total. The first-order chi connectivity index (χ1) is 13.8. The summed E-state index contributed by atoms with van der Waals surface area (Å²) >= 11 is 0.345. The summed E-state index contributed by atoms with van der Waals surface area (Å²) in [5.74, 6) is -8.54. The smallest absolute Gasteiger partial charge is 0.458 e. The van der Waals surface area contributed by atoms with Crippen LogP contribution < -0.4 is 5.32 Å². The standard InChI is InChI=1S/C14H9F4N3O8S/c1-28-11(22)10-9(19-12(23)13(15,29-2)14(16,17)18)8-6(21(26)27)3-5(20(24)25)4-7(8)30-10/h3-4H,1-2H3,(H,19,23). The van der Waals surface area contributed by atoms with Gasteiger partial charge in [-0.2, -0.15) is 17.6 Å². The van der Waals surface area contributed by atoms with E-state index in [-0.39, 0.29) is 11.8 Å². The third kappa shape index (κ3) is 3.73. The number of benzene rings is 1. The van der Waals surface area contributed by atoms with Crippen LogP contribution in [0.3, 0.4) is 0 Å². The number of amides is 1. The van der Waals surface area contributed by atoms with E-state index in [0.29, 0.717) is 17.4 Å². The van der Waals surface area contributed by atoms with Crippen molar-refractivity contribution in [3.63, 3.8) is 0 Å². The lowest BCUT2D eigenvalue weighted by molar-refractivity contribution is -0.393. The zero-order valence-electron chi connectivity index (χ0n) is 14.7. The molecular formula is C14H9F4N3O8S. The van der Waals surface area contributed by atoms with Crippen molar-refractivity contribution in [1.82, 2.24) is 0 Å². The highest BCUT2D eigenvalue weighted by Crippen LogP contribution is 2.45. The second-order valence-corrected chi connectivity index (χ2v) is 6.45. The maximum absolute atomic E-state index is 14.2. The van der Waals surface area contributed by atoms with E-state index < -0.39 is 61.1 Å². The van der Waals surface area contributed by atoms with E-state index in [1.165, 1.54) is 5.32 Å². The van der Waals surface area contributed by atoms with Gasteiger partial charge in [0.25, 0.3) is 17.3 Å². The van der Waals surface area contributed by atoms with Gasteiger partial charge in [-0.25, -0.2) is 4.79 Å². The molecule has 1 aromatic carbocycles. The number of fused-ring (bicyclic) bond motifs is 1. The Morgan fingerprint density at radius 2 is 1.70 bits per heavy atom. The number of nitro benzene ring substituents is 2. The topological polar surface area (TPSA) is 151 Å². The molecule has 1 aromatic heterocycles. The van der Waals surface area contributed by atoms with Crippen molar-refractivity contribution >= 4 is 50.4 Å². The molecule has 30 heavy (non-hydrogen) atoms. The number of non-ortho nitro benzene ring substituents is 2. The Kier molecular flexibility index (Phi) is 5.94. The lowest BCUT2D eigenvalue weighted by Gasteiger charge is -2.24. The van der Waals surface area contributed by atoms with Crippen molar-refractivity contribution in [2.24, 2.45) is 0 Å². The number of nitrogens with one attached hydrogen (secondary N) is 1. The maximum Gasteiger partial charge on any atom is 0.458 e. The predicted molar refractivity (Wildman–Crippen MR) is 92.0 cm³/mol. The van der Waals surface area contributed by atoms with Crippen LogP contribution in [-0.4, -0.2) is 48.0 Å². The highest BCUT2D eigenvalue weighted by molar-refractivity contribution is 7.21. The first-order valence-electron chi connectivity index (χ1n) is 7.38. The van der Waals surface area contributed by atoms with Crippen molar-refractivity contribution in [1.29, 1.82) is 0 Å². The first kappa shape index (κ1) is 22.9. The molecule has 0 aliphatic rings. The minimum absolute atomic E-state index is 0.256. The van der Waals surface area contributed by atoms with E-state index in [1.54, 1.807) is 0 Å². The second kappa shape index (κ2) is 7.79. The van der Waals surface area contributed by atoms with Crippen molar-refractivity contribution in [2.75, 3.05) is 19.5 Å². The van der Waals surface area contributed by atoms with Crippen molar-refractivity contribution < 1.29 is 46.5 Å². The van der Waals surface area contributed by atoms with Crippen LogP contribution in [-0.2, 0) is 14.3 Å². The average molecular weight is 455 g/mol. The van der Waals surface area contributed by atoms with Crippen LogP contribution in [0, 0.1) is 20.2 Å². The second-order valence-electron chi connectivity index (χ2n) is 5.40. The van der Waals surface area contributed by atoms with E-state index in [9.17, 15) is 47.4 Å². The molecule has 0 aliphatic carbocycles. The average Bonchev–Trinajstić information content (AvgIpc) is 3.02. The fraction of sp³-hybridized carbons (Fsp3) is 0.286. The number of esters is 1. The van der Waals surface area contributed by atoms with Crippen LogP contribution in [0.2, 0.25) is 0 Å². The molecular weight excluding hydrogens is 446 g/mol. The number of rotatable bonds is 6. The summed E-state index contributed by atoms with van der Waals surface area (Å²) in [5, 5.41) is 23.2. The molecule has 1 atom stereocenters. The third-order valence-corrected chi connectivity index (χ3v) is 4.83. The molecule has 0 aliphatic heterocycles. The fourth-order valence-corrected chi connectivity index (χ4v) is 3.46. The molecule has 162 valence electrons. The highest BCUT2D eigenvalue weighted by atomic mass is 32.1. The number of hydrogen-bond acceptors (Lipinski definition) is 9. The van der Waals surface area contributed by atoms with E-state index in [1.807, 2.05) is 0 Å². The van der Waals surface area contributed by atoms with E-state index >= 15 is 0 Å². The molecule has 0 saturated heterocycles. The van der Waals surface area contributed by atoms with Crippen LogP contribution in [0.25, 0.3) is 10.1 Å². The SMILES string of the molecule is COC(=O)c1sc2cc([N+](=O)[O-])cc([N+](=O)[O-])c2c1NC(=O)C(F)(OC)C(F)(F)F. The van der Waals surface area contributed by atoms with Gasteiger partial charge in [-0.3, -0.25) is 25.0 Å². The summed E-state index contributed by atoms with van der Waals surface area (Å²) in [4.78, 5) is 43.6. The van der Waals surface area contributed by atoms with E-state index in [0.717, 1.165) is 13.2 Å². The Morgan fingerprint density at radius 1 is 1.10 bits per heavy atom. The summed E-state index contributed by atoms with van der Waals surface area (Å²) in [5.41, 5.74) is -2.68. The zero-order chi connectivity index (χ0) is 23.0. The minimum atomic E-state index is -5.84. The Hall–Kier alpha value is -3.40. The van der Waals surface area contributed by atoms with Crippen molar-refractivity contribution in [3.05, 3.63) is 37.2 Å². The molecule has 0 fully saturated rings. The monoisotopic (exact) mass is 455 g/mol. The Labute approximate surface area is 166 Å². The summed E-state index contributed by atoms with van der Waals surface area (Å²) < 4.78 is 60.7. The number of nitro groups is 2. The van der Waals surface area contributed by atoms with E-state index in [2.05, 4.69) is 9.47 Å². The van der Waals surface area contributed by atoms with Gasteiger partial charge in [-0.05, 0) is 0 Å². The molecule has 1 amide bonds. The van der Waals surface area contributed by atoms with Gasteiger partial charge in [0.05, 0.1) is 38.8 Å². The van der Waals surface area contributed by atoms with Crippen LogP contribution in [0.15, 0.2) is 12.1 Å². The van der Waals surface area contributed by atoms with Gasteiger partial charge >= 0.3 is 18.0 Å². The number of anilines is 1. The van der Waals surface area contributed by atoms with Crippen LogP contribution in [0.5, 0.6) is 0 Å². The van der Waals surface area contributed by atoms with Gasteiger partial charge in [0, 0.05) is 13.2 Å². The molecule has 0 saturated carbocycles. The quantitative estimate of drug-likeness (QED) is 0.302. The van der Waals surface area contributed by atoms with Gasteiger partial charge < -0.3 is 14.8 Å². The fourth-order valence-electron chi connectivity index (χ4n) is 2.33. The summed E-state index contributed by atoms with van der Waals surface area (Å²) in [6, 6.07) is 1.26. The number of alkyl halides is 4. The number of halogens is 4. The predicted octanol–water partition coefficient (Wildman–Crippen LogP) is 3.32. The highest BCUT2D eigenvalue weighted by Gasteiger charge is 2.63. The molecule has 0 radical (unpaired) electrons. The van der Waals surface area contributed by atoms with Crippen molar-refractivity contribution in [3.8, 4) is 0 Å². The Bertz CT molecular complexity index is 1070. The number of carbonyl (C=O) groups is 2. The van der Waals surface area contributed by atoms with Crippen LogP contribution in [0.1, 0.15) is 9.67 Å². The minimum Gasteiger partial charge on any atom is -0.465 e. The molecule has 1 heterocycles. The molecule has 1 N–H and O–H groups in total. The molecule has 1 unspecified atom stereocenters. The van der Waals surface area contributed by atoms with Gasteiger partial charge in [0.15, 0.2) is 0 Å².